The predicted octanol–water partition coefficient (Wildman–Crippen LogP) is 0.297. The van der Waals surface area contributed by atoms with Gasteiger partial charge in [0.1, 0.15) is 6.61 Å². The maximum atomic E-state index is 11.0. The average molecular weight is 195 g/mol. The summed E-state index contributed by atoms with van der Waals surface area (Å²) in [5.74, 6) is -0.272. The van der Waals surface area contributed by atoms with E-state index in [1.807, 2.05) is 6.07 Å². The average Bonchev–Trinajstić information content (AvgIpc) is 2.58. The van der Waals surface area contributed by atoms with Crippen LogP contribution in [-0.2, 0) is 9.53 Å². The summed E-state index contributed by atoms with van der Waals surface area (Å²) in [6.07, 6.45) is 0.789. The molecule has 0 unspecified atom stereocenters. The number of nitriles is 1. The lowest BCUT2D eigenvalue weighted by Crippen LogP contribution is -2.18. The Hall–Kier alpha value is -1.90. The standard InChI is InChI=1S/C8H9N3O3/c9-3-1-2-7(12)6-10-11-4-5-14-8(11)13/h6H,1-2,4-5H2/b10-6+. The summed E-state index contributed by atoms with van der Waals surface area (Å²) in [5.41, 5.74) is 0. The third-order valence-electron chi connectivity index (χ3n) is 1.56. The van der Waals surface area contributed by atoms with Gasteiger partial charge in [-0.05, 0) is 0 Å². The molecule has 1 aliphatic rings. The van der Waals surface area contributed by atoms with Crippen molar-refractivity contribution in [1.29, 1.82) is 5.26 Å². The van der Waals surface area contributed by atoms with Gasteiger partial charge >= 0.3 is 6.09 Å². The Labute approximate surface area is 80.7 Å². The monoisotopic (exact) mass is 195 g/mol. The topological polar surface area (TPSA) is 82.8 Å². The lowest BCUT2D eigenvalue weighted by Gasteiger charge is -2.02. The Kier molecular flexibility index (Phi) is 3.61. The number of carbonyl (C=O) groups is 2. The Morgan fingerprint density at radius 1 is 1.79 bits per heavy atom. The fourth-order valence-electron chi connectivity index (χ4n) is 0.868. The highest BCUT2D eigenvalue weighted by molar-refractivity contribution is 6.27. The number of amides is 1. The summed E-state index contributed by atoms with van der Waals surface area (Å²) in [4.78, 5) is 21.8. The number of Topliss-reactive ketones (excluding diaryl/α,β-unsaturated/α-hetero) is 1. The molecule has 0 saturated carbocycles. The van der Waals surface area contributed by atoms with Crippen LogP contribution in [0.15, 0.2) is 5.10 Å². The van der Waals surface area contributed by atoms with Gasteiger partial charge in [-0.3, -0.25) is 4.79 Å². The molecule has 0 aromatic carbocycles. The molecular formula is C8H9N3O3. The van der Waals surface area contributed by atoms with E-state index in [4.69, 9.17) is 5.26 Å². The fraction of sp³-hybridized carbons (Fsp3) is 0.500. The quantitative estimate of drug-likeness (QED) is 0.604. The van der Waals surface area contributed by atoms with Crippen molar-refractivity contribution in [2.24, 2.45) is 5.10 Å². The second kappa shape index (κ2) is 4.97. The molecule has 6 nitrogen and oxygen atoms in total. The molecule has 0 radical (unpaired) electrons. The first-order chi connectivity index (χ1) is 6.74. The van der Waals surface area contributed by atoms with Gasteiger partial charge in [0.05, 0.1) is 18.8 Å². The van der Waals surface area contributed by atoms with Crippen LogP contribution >= 0.6 is 0 Å². The Morgan fingerprint density at radius 2 is 2.57 bits per heavy atom. The van der Waals surface area contributed by atoms with Crippen molar-refractivity contribution >= 4 is 18.1 Å². The molecule has 1 amide bonds. The van der Waals surface area contributed by atoms with E-state index in [1.165, 1.54) is 0 Å². The minimum Gasteiger partial charge on any atom is -0.446 e. The number of cyclic esters (lactones) is 1. The first-order valence-electron chi connectivity index (χ1n) is 4.12. The summed E-state index contributed by atoms with van der Waals surface area (Å²) in [6, 6.07) is 1.85. The van der Waals surface area contributed by atoms with Crippen molar-refractivity contribution in [1.82, 2.24) is 5.01 Å². The Bertz CT molecular complexity index is 305. The van der Waals surface area contributed by atoms with E-state index in [-0.39, 0.29) is 18.6 Å². The maximum Gasteiger partial charge on any atom is 0.430 e. The van der Waals surface area contributed by atoms with Gasteiger partial charge in [0.25, 0.3) is 0 Å². The molecule has 0 aromatic heterocycles. The van der Waals surface area contributed by atoms with E-state index in [9.17, 15) is 9.59 Å². The van der Waals surface area contributed by atoms with Gasteiger partial charge in [-0.25, -0.2) is 4.79 Å². The molecule has 1 aliphatic heterocycles. The lowest BCUT2D eigenvalue weighted by atomic mass is 10.2. The van der Waals surface area contributed by atoms with Crippen molar-refractivity contribution in [3.05, 3.63) is 0 Å². The van der Waals surface area contributed by atoms with E-state index < -0.39 is 6.09 Å². The highest BCUT2D eigenvalue weighted by Gasteiger charge is 2.20. The van der Waals surface area contributed by atoms with Crippen LogP contribution in [0.25, 0.3) is 0 Å². The second-order valence-corrected chi connectivity index (χ2v) is 2.61. The summed E-state index contributed by atoms with van der Waals surface area (Å²) >= 11 is 0. The van der Waals surface area contributed by atoms with Crippen LogP contribution < -0.4 is 0 Å². The third kappa shape index (κ3) is 2.86. The molecule has 74 valence electrons. The molecule has 14 heavy (non-hydrogen) atoms. The van der Waals surface area contributed by atoms with Crippen molar-refractivity contribution < 1.29 is 14.3 Å². The van der Waals surface area contributed by atoms with E-state index >= 15 is 0 Å². The number of hydrazone groups is 1. The van der Waals surface area contributed by atoms with Crippen molar-refractivity contribution in [3.8, 4) is 6.07 Å². The van der Waals surface area contributed by atoms with Crippen LogP contribution in [0, 0.1) is 11.3 Å². The number of carbonyl (C=O) groups excluding carboxylic acids is 2. The van der Waals surface area contributed by atoms with Crippen molar-refractivity contribution in [2.45, 2.75) is 12.8 Å². The van der Waals surface area contributed by atoms with Gasteiger partial charge in [0.15, 0.2) is 5.78 Å². The van der Waals surface area contributed by atoms with E-state index in [2.05, 4.69) is 9.84 Å². The SMILES string of the molecule is N#CCCC(=O)/C=N/N1CCOC1=O. The molecule has 1 fully saturated rings. The summed E-state index contributed by atoms with van der Waals surface area (Å²) < 4.78 is 4.59. The number of ether oxygens (including phenoxy) is 1. The van der Waals surface area contributed by atoms with Crippen LogP contribution in [0.3, 0.4) is 0 Å². The number of ketones is 1. The van der Waals surface area contributed by atoms with Crippen LogP contribution in [0.2, 0.25) is 0 Å². The van der Waals surface area contributed by atoms with E-state index in [1.54, 1.807) is 0 Å². The molecule has 0 N–H and O–H groups in total. The molecule has 1 saturated heterocycles. The first kappa shape index (κ1) is 10.2. The van der Waals surface area contributed by atoms with Gasteiger partial charge in [0, 0.05) is 12.8 Å². The molecule has 1 heterocycles. The molecule has 6 heteroatoms. The molecule has 0 aliphatic carbocycles. The second-order valence-electron chi connectivity index (χ2n) is 2.61. The van der Waals surface area contributed by atoms with Gasteiger partial charge in [0.2, 0.25) is 0 Å². The number of nitrogens with zero attached hydrogens (tertiary/aromatic N) is 3. The van der Waals surface area contributed by atoms with Crippen LogP contribution in [0.1, 0.15) is 12.8 Å². The van der Waals surface area contributed by atoms with Gasteiger partial charge in [-0.15, -0.1) is 0 Å². The first-order valence-corrected chi connectivity index (χ1v) is 4.12. The van der Waals surface area contributed by atoms with Gasteiger partial charge in [-0.1, -0.05) is 0 Å². The predicted molar refractivity (Wildman–Crippen MR) is 46.4 cm³/mol. The maximum absolute atomic E-state index is 11.0. The zero-order valence-electron chi connectivity index (χ0n) is 7.47. The molecule has 0 bridgehead atoms. The van der Waals surface area contributed by atoms with Crippen molar-refractivity contribution in [2.75, 3.05) is 13.2 Å². The number of hydrogen-bond donors (Lipinski definition) is 0. The largest absolute Gasteiger partial charge is 0.446 e. The summed E-state index contributed by atoms with van der Waals surface area (Å²) in [7, 11) is 0. The number of rotatable bonds is 4. The smallest absolute Gasteiger partial charge is 0.430 e. The fourth-order valence-corrected chi connectivity index (χ4v) is 0.868. The zero-order chi connectivity index (χ0) is 10.4. The van der Waals surface area contributed by atoms with Gasteiger partial charge in [-0.2, -0.15) is 15.4 Å². The lowest BCUT2D eigenvalue weighted by molar-refractivity contribution is -0.112. The van der Waals surface area contributed by atoms with Gasteiger partial charge < -0.3 is 4.74 Å². The zero-order valence-corrected chi connectivity index (χ0v) is 7.47. The summed E-state index contributed by atoms with van der Waals surface area (Å²) in [5, 5.41) is 12.9. The molecule has 0 aromatic rings. The minimum atomic E-state index is -0.547. The highest BCUT2D eigenvalue weighted by Crippen LogP contribution is 2.02. The number of hydrogen-bond acceptors (Lipinski definition) is 5. The molecule has 1 rings (SSSR count). The van der Waals surface area contributed by atoms with Crippen LogP contribution in [-0.4, -0.2) is 36.3 Å². The highest BCUT2D eigenvalue weighted by atomic mass is 16.6. The minimum absolute atomic E-state index is 0.128. The Morgan fingerprint density at radius 3 is 3.14 bits per heavy atom. The van der Waals surface area contributed by atoms with Crippen molar-refractivity contribution in [3.63, 3.8) is 0 Å². The molecule has 0 atom stereocenters. The van der Waals surface area contributed by atoms with E-state index in [0.717, 1.165) is 11.2 Å². The summed E-state index contributed by atoms with van der Waals surface area (Å²) in [6.45, 7) is 0.656. The normalized spacial score (nSPS) is 15.6. The molecule has 0 spiro atoms. The third-order valence-corrected chi connectivity index (χ3v) is 1.56. The Balaban J connectivity index is 2.35. The van der Waals surface area contributed by atoms with E-state index in [0.29, 0.717) is 13.2 Å². The van der Waals surface area contributed by atoms with Crippen LogP contribution in [0.4, 0.5) is 4.79 Å². The molecular weight excluding hydrogens is 186 g/mol. The van der Waals surface area contributed by atoms with Crippen LogP contribution in [0.5, 0.6) is 0 Å².